The van der Waals surface area contributed by atoms with Crippen LogP contribution >= 0.6 is 0 Å². The fourth-order valence-electron chi connectivity index (χ4n) is 2.54. The Bertz CT molecular complexity index is 400. The van der Waals surface area contributed by atoms with Crippen LogP contribution in [0.15, 0.2) is 0 Å². The molecule has 1 heterocycles. The topological polar surface area (TPSA) is 65.4 Å². The number of ether oxygens (including phenoxy) is 1. The van der Waals surface area contributed by atoms with E-state index in [9.17, 15) is 10.1 Å². The molecule has 0 aromatic heterocycles. The number of morpholine rings is 1. The lowest BCUT2D eigenvalue weighted by Gasteiger charge is -2.41. The summed E-state index contributed by atoms with van der Waals surface area (Å²) in [5, 5.41) is 12.1. The van der Waals surface area contributed by atoms with E-state index in [2.05, 4.69) is 16.3 Å². The van der Waals surface area contributed by atoms with E-state index in [1.165, 1.54) is 0 Å². The smallest absolute Gasteiger partial charge is 0.235 e. The summed E-state index contributed by atoms with van der Waals surface area (Å²) < 4.78 is 5.82. The fraction of sp³-hybridized carbons (Fsp3) is 0.867. The van der Waals surface area contributed by atoms with Crippen LogP contribution in [0.4, 0.5) is 0 Å². The van der Waals surface area contributed by atoms with Crippen LogP contribution in [-0.4, -0.2) is 47.7 Å². The highest BCUT2D eigenvalue weighted by molar-refractivity contribution is 5.79. The summed E-state index contributed by atoms with van der Waals surface area (Å²) in [6.45, 7) is 13.5. The van der Waals surface area contributed by atoms with Gasteiger partial charge in [-0.25, -0.2) is 0 Å². The minimum absolute atomic E-state index is 0.0662. The second-order valence-corrected chi connectivity index (χ2v) is 6.87. The average molecular weight is 281 g/mol. The van der Waals surface area contributed by atoms with Gasteiger partial charge in [0, 0.05) is 13.1 Å². The first-order valence-electron chi connectivity index (χ1n) is 7.20. The molecule has 2 atom stereocenters. The number of amides is 1. The third-order valence-corrected chi connectivity index (χ3v) is 3.79. The van der Waals surface area contributed by atoms with Crippen molar-refractivity contribution in [3.05, 3.63) is 0 Å². The molecule has 1 fully saturated rings. The van der Waals surface area contributed by atoms with E-state index in [0.717, 1.165) is 13.1 Å². The van der Waals surface area contributed by atoms with E-state index in [-0.39, 0.29) is 23.5 Å². The minimum Gasteiger partial charge on any atom is -0.370 e. The van der Waals surface area contributed by atoms with Crippen LogP contribution < -0.4 is 5.32 Å². The molecule has 0 aromatic rings. The summed E-state index contributed by atoms with van der Waals surface area (Å²) in [7, 11) is 0. The molecule has 1 amide bonds. The Morgan fingerprint density at radius 1 is 1.60 bits per heavy atom. The molecule has 1 rings (SSSR count). The van der Waals surface area contributed by atoms with Gasteiger partial charge >= 0.3 is 0 Å². The van der Waals surface area contributed by atoms with Gasteiger partial charge in [0.25, 0.3) is 0 Å². The maximum Gasteiger partial charge on any atom is 0.235 e. The highest BCUT2D eigenvalue weighted by Crippen LogP contribution is 2.21. The van der Waals surface area contributed by atoms with Crippen molar-refractivity contribution in [3.63, 3.8) is 0 Å². The van der Waals surface area contributed by atoms with Crippen molar-refractivity contribution >= 4 is 5.91 Å². The Labute approximate surface area is 122 Å². The molecule has 5 nitrogen and oxygen atoms in total. The zero-order chi connectivity index (χ0) is 15.6. The maximum absolute atomic E-state index is 12.2. The molecule has 0 aromatic carbocycles. The molecular formula is C15H27N3O2. The van der Waals surface area contributed by atoms with Gasteiger partial charge in [-0.3, -0.25) is 9.69 Å². The van der Waals surface area contributed by atoms with E-state index < -0.39 is 5.54 Å². The molecule has 0 saturated carbocycles. The van der Waals surface area contributed by atoms with Crippen LogP contribution in [0.3, 0.4) is 0 Å². The van der Waals surface area contributed by atoms with Gasteiger partial charge in [0.05, 0.1) is 24.3 Å². The monoisotopic (exact) mass is 281 g/mol. The second-order valence-electron chi connectivity index (χ2n) is 6.87. The lowest BCUT2D eigenvalue weighted by atomic mass is 9.90. The molecule has 5 heteroatoms. The van der Waals surface area contributed by atoms with Crippen molar-refractivity contribution in [2.75, 3.05) is 19.6 Å². The Hall–Kier alpha value is -1.12. The van der Waals surface area contributed by atoms with Crippen molar-refractivity contribution in [1.29, 1.82) is 5.26 Å². The van der Waals surface area contributed by atoms with E-state index in [1.807, 2.05) is 34.6 Å². The van der Waals surface area contributed by atoms with Crippen LogP contribution in [0.1, 0.15) is 41.5 Å². The molecule has 2 unspecified atom stereocenters. The third-order valence-electron chi connectivity index (χ3n) is 3.79. The van der Waals surface area contributed by atoms with Gasteiger partial charge in [0.1, 0.15) is 5.54 Å². The summed E-state index contributed by atoms with van der Waals surface area (Å²) in [4.78, 5) is 14.2. The molecule has 1 N–H and O–H groups in total. The Balaban J connectivity index is 2.61. The number of nitrogens with zero attached hydrogens (tertiary/aromatic N) is 2. The molecule has 1 saturated heterocycles. The highest BCUT2D eigenvalue weighted by Gasteiger charge is 2.34. The van der Waals surface area contributed by atoms with Crippen molar-refractivity contribution in [2.24, 2.45) is 5.92 Å². The van der Waals surface area contributed by atoms with Crippen molar-refractivity contribution in [3.8, 4) is 6.07 Å². The molecule has 114 valence electrons. The molecule has 0 aliphatic carbocycles. The molecule has 1 aliphatic heterocycles. The summed E-state index contributed by atoms with van der Waals surface area (Å²) in [6.07, 6.45) is 0.110. The summed E-state index contributed by atoms with van der Waals surface area (Å²) in [6, 6.07) is 2.20. The molecular weight excluding hydrogens is 254 g/mol. The number of hydrogen-bond acceptors (Lipinski definition) is 4. The molecule has 20 heavy (non-hydrogen) atoms. The number of nitriles is 1. The van der Waals surface area contributed by atoms with Crippen LogP contribution in [-0.2, 0) is 9.53 Å². The molecule has 0 spiro atoms. The first-order chi connectivity index (χ1) is 9.08. The van der Waals surface area contributed by atoms with Gasteiger partial charge in [-0.2, -0.15) is 5.26 Å². The van der Waals surface area contributed by atoms with Gasteiger partial charge in [0.2, 0.25) is 5.91 Å². The van der Waals surface area contributed by atoms with E-state index in [4.69, 9.17) is 4.74 Å². The lowest BCUT2D eigenvalue weighted by molar-refractivity contribution is -0.140. The number of hydrogen-bond donors (Lipinski definition) is 1. The quantitative estimate of drug-likeness (QED) is 0.849. The maximum atomic E-state index is 12.2. The molecule has 1 aliphatic rings. The first-order valence-corrected chi connectivity index (χ1v) is 7.20. The Morgan fingerprint density at radius 2 is 2.20 bits per heavy atom. The second kappa shape index (κ2) is 6.11. The van der Waals surface area contributed by atoms with Crippen molar-refractivity contribution in [2.45, 2.75) is 58.8 Å². The van der Waals surface area contributed by atoms with Gasteiger partial charge in [-0.15, -0.1) is 0 Å². The van der Waals surface area contributed by atoms with Crippen LogP contribution in [0.5, 0.6) is 0 Å². The number of carbonyl (C=O) groups excluding carboxylic acids is 1. The van der Waals surface area contributed by atoms with Crippen LogP contribution in [0, 0.1) is 17.2 Å². The third kappa shape index (κ3) is 4.46. The van der Waals surface area contributed by atoms with Crippen molar-refractivity contribution < 1.29 is 9.53 Å². The average Bonchev–Trinajstić information content (AvgIpc) is 2.25. The first kappa shape index (κ1) is 16.9. The fourth-order valence-corrected chi connectivity index (χ4v) is 2.54. The predicted octanol–water partition coefficient (Wildman–Crippen LogP) is 1.54. The number of carbonyl (C=O) groups is 1. The Morgan fingerprint density at radius 3 is 2.65 bits per heavy atom. The standard InChI is InChI=1S/C15H27N3O2/c1-11(2)15(6,9-16)17-13(19)8-18-7-12(3)20-14(4,5)10-18/h11-12H,7-8,10H2,1-6H3,(H,17,19). The Kier molecular flexibility index (Phi) is 5.17. The summed E-state index contributed by atoms with van der Waals surface area (Å²) in [5.74, 6) is -0.0378. The zero-order valence-electron chi connectivity index (χ0n) is 13.5. The minimum atomic E-state index is -0.815. The van der Waals surface area contributed by atoms with Gasteiger partial charge in [-0.1, -0.05) is 13.8 Å². The largest absolute Gasteiger partial charge is 0.370 e. The van der Waals surface area contributed by atoms with E-state index in [1.54, 1.807) is 6.92 Å². The normalized spacial score (nSPS) is 25.8. The van der Waals surface area contributed by atoms with Gasteiger partial charge in [0.15, 0.2) is 0 Å². The van der Waals surface area contributed by atoms with Gasteiger partial charge in [-0.05, 0) is 33.6 Å². The van der Waals surface area contributed by atoms with Crippen LogP contribution in [0.25, 0.3) is 0 Å². The molecule has 0 radical (unpaired) electrons. The van der Waals surface area contributed by atoms with Crippen LogP contribution in [0.2, 0.25) is 0 Å². The molecule has 0 bridgehead atoms. The zero-order valence-corrected chi connectivity index (χ0v) is 13.5. The lowest BCUT2D eigenvalue weighted by Crippen LogP contribution is -2.56. The number of rotatable bonds is 4. The van der Waals surface area contributed by atoms with Crippen molar-refractivity contribution in [1.82, 2.24) is 10.2 Å². The predicted molar refractivity (Wildman–Crippen MR) is 78.1 cm³/mol. The highest BCUT2D eigenvalue weighted by atomic mass is 16.5. The van der Waals surface area contributed by atoms with E-state index >= 15 is 0 Å². The summed E-state index contributed by atoms with van der Waals surface area (Å²) >= 11 is 0. The van der Waals surface area contributed by atoms with E-state index in [0.29, 0.717) is 6.54 Å². The van der Waals surface area contributed by atoms with Gasteiger partial charge < -0.3 is 10.1 Å². The summed E-state index contributed by atoms with van der Waals surface area (Å²) in [5.41, 5.74) is -1.06. The number of nitrogens with one attached hydrogen (secondary N) is 1. The SMILES string of the molecule is CC1CN(CC(=O)NC(C)(C#N)C(C)C)CC(C)(C)O1.